The fraction of sp³-hybridized carbons (Fsp3) is 0.286. The monoisotopic (exact) mass is 325 g/mol. The van der Waals surface area contributed by atoms with Gasteiger partial charge in [0, 0.05) is 28.6 Å². The molecule has 0 heterocycles. The van der Waals surface area contributed by atoms with Gasteiger partial charge in [-0.05, 0) is 11.6 Å². The zero-order chi connectivity index (χ0) is 14.5. The van der Waals surface area contributed by atoms with Crippen LogP contribution in [0.3, 0.4) is 0 Å². The van der Waals surface area contributed by atoms with Gasteiger partial charge in [-0.25, -0.2) is 4.79 Å². The van der Waals surface area contributed by atoms with Crippen LogP contribution in [0, 0.1) is 0 Å². The molecule has 1 rings (SSSR count). The van der Waals surface area contributed by atoms with Gasteiger partial charge in [0.05, 0.1) is 0 Å². The highest BCUT2D eigenvalue weighted by molar-refractivity contribution is 9.10. The van der Waals surface area contributed by atoms with E-state index < -0.39 is 11.9 Å². The summed E-state index contributed by atoms with van der Waals surface area (Å²) in [5, 5.41) is 11.1. The Bertz CT molecular complexity index is 509. The van der Waals surface area contributed by atoms with Crippen LogP contribution in [0.2, 0.25) is 0 Å². The van der Waals surface area contributed by atoms with E-state index in [0.717, 1.165) is 22.2 Å². The SMILES string of the molecule is CC(C)(CNC(=O)/C=C/C(=O)O)c1ccccc1Br. The minimum absolute atomic E-state index is 0.257. The van der Waals surface area contributed by atoms with Crippen LogP contribution in [0.15, 0.2) is 40.9 Å². The summed E-state index contributed by atoms with van der Waals surface area (Å²) < 4.78 is 0.982. The third kappa shape index (κ3) is 4.87. The predicted molar refractivity (Wildman–Crippen MR) is 77.0 cm³/mol. The highest BCUT2D eigenvalue weighted by atomic mass is 79.9. The highest BCUT2D eigenvalue weighted by Crippen LogP contribution is 2.29. The van der Waals surface area contributed by atoms with Gasteiger partial charge in [-0.15, -0.1) is 0 Å². The standard InChI is InChI=1S/C14H16BrNO3/c1-14(2,10-5-3-4-6-11(10)15)9-16-12(17)7-8-13(18)19/h3-8H,9H2,1-2H3,(H,16,17)(H,18,19)/b8-7+. The summed E-state index contributed by atoms with van der Waals surface area (Å²) in [5.41, 5.74) is 0.824. The molecule has 0 fully saturated rings. The van der Waals surface area contributed by atoms with Gasteiger partial charge < -0.3 is 10.4 Å². The molecule has 0 radical (unpaired) electrons. The van der Waals surface area contributed by atoms with Gasteiger partial charge in [-0.1, -0.05) is 48.0 Å². The van der Waals surface area contributed by atoms with E-state index in [1.807, 2.05) is 38.1 Å². The summed E-state index contributed by atoms with van der Waals surface area (Å²) in [4.78, 5) is 21.7. The Morgan fingerprint density at radius 2 is 1.95 bits per heavy atom. The van der Waals surface area contributed by atoms with Crippen LogP contribution >= 0.6 is 15.9 Å². The Balaban J connectivity index is 2.68. The van der Waals surface area contributed by atoms with Crippen molar-refractivity contribution in [1.29, 1.82) is 0 Å². The maximum Gasteiger partial charge on any atom is 0.328 e. The average Bonchev–Trinajstić information content (AvgIpc) is 2.34. The molecule has 102 valence electrons. The first-order valence-corrected chi connectivity index (χ1v) is 6.56. The van der Waals surface area contributed by atoms with Crippen LogP contribution in [-0.2, 0) is 15.0 Å². The van der Waals surface area contributed by atoms with E-state index in [9.17, 15) is 9.59 Å². The van der Waals surface area contributed by atoms with E-state index in [0.29, 0.717) is 6.54 Å². The number of benzene rings is 1. The molecule has 4 nitrogen and oxygen atoms in total. The van der Waals surface area contributed by atoms with Gasteiger partial charge in [0.1, 0.15) is 0 Å². The lowest BCUT2D eigenvalue weighted by molar-refractivity contribution is -0.131. The summed E-state index contributed by atoms with van der Waals surface area (Å²) in [5.74, 6) is -1.55. The van der Waals surface area contributed by atoms with Crippen LogP contribution in [0.4, 0.5) is 0 Å². The number of nitrogens with one attached hydrogen (secondary N) is 1. The lowest BCUT2D eigenvalue weighted by Gasteiger charge is -2.26. The maximum absolute atomic E-state index is 11.4. The molecule has 5 heteroatoms. The van der Waals surface area contributed by atoms with E-state index in [1.54, 1.807) is 0 Å². The normalized spacial score (nSPS) is 11.5. The smallest absolute Gasteiger partial charge is 0.328 e. The fourth-order valence-electron chi connectivity index (χ4n) is 1.62. The number of halogens is 1. The van der Waals surface area contributed by atoms with E-state index in [4.69, 9.17) is 5.11 Å². The second-order valence-corrected chi connectivity index (χ2v) is 5.61. The Hall–Kier alpha value is -1.62. The van der Waals surface area contributed by atoms with Crippen LogP contribution < -0.4 is 5.32 Å². The number of hydrogen-bond acceptors (Lipinski definition) is 2. The van der Waals surface area contributed by atoms with E-state index in [2.05, 4.69) is 21.2 Å². The minimum Gasteiger partial charge on any atom is -0.478 e. The summed E-state index contributed by atoms with van der Waals surface area (Å²) in [7, 11) is 0. The first-order chi connectivity index (χ1) is 8.83. The van der Waals surface area contributed by atoms with Gasteiger partial charge >= 0.3 is 5.97 Å². The van der Waals surface area contributed by atoms with Crippen molar-refractivity contribution in [2.45, 2.75) is 19.3 Å². The molecule has 1 aromatic carbocycles. The van der Waals surface area contributed by atoms with Gasteiger partial charge in [0.25, 0.3) is 0 Å². The average molecular weight is 326 g/mol. The molecule has 0 spiro atoms. The molecule has 0 aliphatic heterocycles. The van der Waals surface area contributed by atoms with Crippen molar-refractivity contribution in [1.82, 2.24) is 5.32 Å². The fourth-order valence-corrected chi connectivity index (χ4v) is 2.44. The second kappa shape index (κ2) is 6.52. The Labute approximate surface area is 120 Å². The van der Waals surface area contributed by atoms with E-state index in [1.165, 1.54) is 0 Å². The zero-order valence-electron chi connectivity index (χ0n) is 10.8. The van der Waals surface area contributed by atoms with Gasteiger partial charge in [0.2, 0.25) is 5.91 Å². The molecule has 2 N–H and O–H groups in total. The highest BCUT2D eigenvalue weighted by Gasteiger charge is 2.23. The Morgan fingerprint density at radius 3 is 2.53 bits per heavy atom. The van der Waals surface area contributed by atoms with Crippen LogP contribution in [0.25, 0.3) is 0 Å². The number of hydrogen-bond donors (Lipinski definition) is 2. The number of amides is 1. The number of rotatable bonds is 5. The molecule has 0 saturated heterocycles. The Morgan fingerprint density at radius 1 is 1.32 bits per heavy atom. The molecular weight excluding hydrogens is 310 g/mol. The van der Waals surface area contributed by atoms with Crippen molar-refractivity contribution in [2.75, 3.05) is 6.54 Å². The lowest BCUT2D eigenvalue weighted by atomic mass is 9.84. The zero-order valence-corrected chi connectivity index (χ0v) is 12.4. The molecule has 0 saturated carbocycles. The summed E-state index contributed by atoms with van der Waals surface area (Å²) in [6.07, 6.45) is 1.83. The number of carbonyl (C=O) groups excluding carboxylic acids is 1. The third-order valence-corrected chi connectivity index (χ3v) is 3.38. The van der Waals surface area contributed by atoms with Gasteiger partial charge in [-0.3, -0.25) is 4.79 Å². The first kappa shape index (κ1) is 15.4. The van der Waals surface area contributed by atoms with Crippen molar-refractivity contribution >= 4 is 27.8 Å². The topological polar surface area (TPSA) is 66.4 Å². The largest absolute Gasteiger partial charge is 0.478 e. The van der Waals surface area contributed by atoms with Crippen molar-refractivity contribution in [2.24, 2.45) is 0 Å². The van der Waals surface area contributed by atoms with Crippen molar-refractivity contribution in [3.63, 3.8) is 0 Å². The Kier molecular flexibility index (Phi) is 5.30. The van der Waals surface area contributed by atoms with Crippen LogP contribution in [0.5, 0.6) is 0 Å². The van der Waals surface area contributed by atoms with E-state index >= 15 is 0 Å². The number of aliphatic carboxylic acids is 1. The minimum atomic E-state index is -1.14. The molecule has 0 unspecified atom stereocenters. The molecule has 19 heavy (non-hydrogen) atoms. The second-order valence-electron chi connectivity index (χ2n) is 4.75. The molecule has 0 aliphatic carbocycles. The number of carboxylic acid groups (broad SMARTS) is 1. The lowest BCUT2D eigenvalue weighted by Crippen LogP contribution is -2.36. The molecule has 0 aromatic heterocycles. The summed E-state index contributed by atoms with van der Waals surface area (Å²) in [6.45, 7) is 4.43. The summed E-state index contributed by atoms with van der Waals surface area (Å²) in [6, 6.07) is 7.80. The van der Waals surface area contributed by atoms with Crippen LogP contribution in [-0.4, -0.2) is 23.5 Å². The van der Waals surface area contributed by atoms with Crippen molar-refractivity contribution in [3.8, 4) is 0 Å². The molecule has 1 amide bonds. The van der Waals surface area contributed by atoms with E-state index in [-0.39, 0.29) is 5.41 Å². The predicted octanol–water partition coefficient (Wildman–Crippen LogP) is 2.48. The number of carboxylic acids is 1. The quantitative estimate of drug-likeness (QED) is 0.817. The number of carbonyl (C=O) groups is 2. The van der Waals surface area contributed by atoms with Gasteiger partial charge in [-0.2, -0.15) is 0 Å². The summed E-state index contributed by atoms with van der Waals surface area (Å²) >= 11 is 3.48. The molecule has 0 bridgehead atoms. The maximum atomic E-state index is 11.4. The van der Waals surface area contributed by atoms with Crippen LogP contribution in [0.1, 0.15) is 19.4 Å². The van der Waals surface area contributed by atoms with Crippen molar-refractivity contribution in [3.05, 3.63) is 46.5 Å². The van der Waals surface area contributed by atoms with Crippen molar-refractivity contribution < 1.29 is 14.7 Å². The van der Waals surface area contributed by atoms with Gasteiger partial charge in [0.15, 0.2) is 0 Å². The molecule has 0 atom stereocenters. The molecule has 1 aromatic rings. The molecular formula is C14H16BrNO3. The molecule has 0 aliphatic rings. The third-order valence-electron chi connectivity index (χ3n) is 2.68. The first-order valence-electron chi connectivity index (χ1n) is 5.77.